The van der Waals surface area contributed by atoms with E-state index in [-0.39, 0.29) is 23.0 Å². The molecular weight excluding hydrogens is 354 g/mol. The highest BCUT2D eigenvalue weighted by Crippen LogP contribution is 2.27. The first-order valence-electron chi connectivity index (χ1n) is 9.02. The third-order valence-corrected chi connectivity index (χ3v) is 4.56. The van der Waals surface area contributed by atoms with Crippen molar-refractivity contribution in [2.24, 2.45) is 0 Å². The van der Waals surface area contributed by atoms with Crippen LogP contribution in [0.4, 0.5) is 5.69 Å². The van der Waals surface area contributed by atoms with Gasteiger partial charge in [-0.05, 0) is 72.9 Å². The Hall–Kier alpha value is -3.47. The number of aryl methyl sites for hydroxylation is 3. The zero-order valence-electron chi connectivity index (χ0n) is 15.9. The zero-order valence-corrected chi connectivity index (χ0v) is 15.9. The van der Waals surface area contributed by atoms with E-state index in [0.29, 0.717) is 11.4 Å². The summed E-state index contributed by atoms with van der Waals surface area (Å²) in [5.74, 6) is 0.223. The molecule has 3 aromatic carbocycles. The molecule has 28 heavy (non-hydrogen) atoms. The van der Waals surface area contributed by atoms with Crippen LogP contribution in [0.15, 0.2) is 60.7 Å². The van der Waals surface area contributed by atoms with Gasteiger partial charge < -0.3 is 20.3 Å². The lowest BCUT2D eigenvalue weighted by atomic mass is 10.0. The van der Waals surface area contributed by atoms with Crippen LogP contribution in [0.3, 0.4) is 0 Å². The second-order valence-corrected chi connectivity index (χ2v) is 6.68. The van der Waals surface area contributed by atoms with Crippen LogP contribution in [-0.2, 0) is 12.8 Å². The van der Waals surface area contributed by atoms with E-state index in [1.165, 1.54) is 7.11 Å². The van der Waals surface area contributed by atoms with E-state index in [2.05, 4.69) is 5.32 Å². The molecule has 0 heterocycles. The number of benzene rings is 3. The SMILES string of the molecule is COc1cc(CCc2ccc(NC(=O)c3ccc(C)cc3O)cc2)ccc1O. The number of rotatable bonds is 6. The first-order chi connectivity index (χ1) is 13.5. The molecule has 0 aromatic heterocycles. The average Bonchev–Trinajstić information content (AvgIpc) is 2.68. The molecule has 1 amide bonds. The average molecular weight is 377 g/mol. The number of anilines is 1. The summed E-state index contributed by atoms with van der Waals surface area (Å²) >= 11 is 0. The monoisotopic (exact) mass is 377 g/mol. The number of phenolic OH excluding ortho intramolecular Hbond substituents is 2. The minimum absolute atomic E-state index is 0.0292. The molecule has 3 rings (SSSR count). The molecule has 0 aliphatic carbocycles. The summed E-state index contributed by atoms with van der Waals surface area (Å²) in [6, 6.07) is 17.9. The quantitative estimate of drug-likeness (QED) is 0.593. The predicted molar refractivity (Wildman–Crippen MR) is 109 cm³/mol. The molecule has 0 saturated carbocycles. The summed E-state index contributed by atoms with van der Waals surface area (Å²) in [7, 11) is 1.53. The highest BCUT2D eigenvalue weighted by molar-refractivity contribution is 6.06. The van der Waals surface area contributed by atoms with Crippen molar-refractivity contribution in [1.82, 2.24) is 0 Å². The molecule has 0 unspecified atom stereocenters. The fourth-order valence-electron chi connectivity index (χ4n) is 2.95. The molecule has 0 saturated heterocycles. The van der Waals surface area contributed by atoms with E-state index in [9.17, 15) is 15.0 Å². The van der Waals surface area contributed by atoms with Crippen molar-refractivity contribution in [1.29, 1.82) is 0 Å². The van der Waals surface area contributed by atoms with E-state index in [1.807, 2.05) is 43.3 Å². The molecule has 0 aliphatic rings. The van der Waals surface area contributed by atoms with Gasteiger partial charge in [-0.2, -0.15) is 0 Å². The van der Waals surface area contributed by atoms with Gasteiger partial charge in [-0.3, -0.25) is 4.79 Å². The van der Waals surface area contributed by atoms with Crippen molar-refractivity contribution in [3.63, 3.8) is 0 Å². The van der Waals surface area contributed by atoms with Gasteiger partial charge in [0.15, 0.2) is 11.5 Å². The number of hydrogen-bond acceptors (Lipinski definition) is 4. The number of ether oxygens (including phenoxy) is 1. The molecule has 5 nitrogen and oxygen atoms in total. The number of phenols is 2. The van der Waals surface area contributed by atoms with Gasteiger partial charge in [0.1, 0.15) is 5.75 Å². The van der Waals surface area contributed by atoms with Crippen molar-refractivity contribution >= 4 is 11.6 Å². The molecule has 0 fully saturated rings. The van der Waals surface area contributed by atoms with Crippen molar-refractivity contribution in [3.05, 3.63) is 82.9 Å². The number of nitrogens with one attached hydrogen (secondary N) is 1. The van der Waals surface area contributed by atoms with Crippen molar-refractivity contribution in [3.8, 4) is 17.2 Å². The minimum atomic E-state index is -0.346. The lowest BCUT2D eigenvalue weighted by Crippen LogP contribution is -2.12. The van der Waals surface area contributed by atoms with Gasteiger partial charge in [-0.25, -0.2) is 0 Å². The third kappa shape index (κ3) is 4.62. The van der Waals surface area contributed by atoms with Crippen molar-refractivity contribution in [2.45, 2.75) is 19.8 Å². The van der Waals surface area contributed by atoms with Gasteiger partial charge in [0.25, 0.3) is 5.91 Å². The first-order valence-corrected chi connectivity index (χ1v) is 9.02. The number of hydrogen-bond donors (Lipinski definition) is 3. The van der Waals surface area contributed by atoms with E-state index < -0.39 is 0 Å². The van der Waals surface area contributed by atoms with Crippen LogP contribution >= 0.6 is 0 Å². The minimum Gasteiger partial charge on any atom is -0.507 e. The summed E-state index contributed by atoms with van der Waals surface area (Å²) in [6.45, 7) is 1.86. The Bertz CT molecular complexity index is 980. The molecular formula is C23H23NO4. The largest absolute Gasteiger partial charge is 0.507 e. The highest BCUT2D eigenvalue weighted by atomic mass is 16.5. The Morgan fingerprint density at radius 3 is 2.25 bits per heavy atom. The standard InChI is InChI=1S/C23H23NO4/c1-15-3-11-19(21(26)13-15)23(27)24-18-9-6-16(7-10-18)4-5-17-8-12-20(25)22(14-17)28-2/h3,6-14,25-26H,4-5H2,1-2H3,(H,24,27). The van der Waals surface area contributed by atoms with E-state index in [4.69, 9.17) is 4.74 Å². The van der Waals surface area contributed by atoms with Gasteiger partial charge in [0, 0.05) is 5.69 Å². The molecule has 0 radical (unpaired) electrons. The normalized spacial score (nSPS) is 10.5. The molecule has 3 N–H and O–H groups in total. The molecule has 0 bridgehead atoms. The number of methoxy groups -OCH3 is 1. The summed E-state index contributed by atoms with van der Waals surface area (Å²) in [5.41, 5.74) is 4.01. The summed E-state index contributed by atoms with van der Waals surface area (Å²) in [6.07, 6.45) is 1.63. The van der Waals surface area contributed by atoms with Crippen LogP contribution in [0, 0.1) is 6.92 Å². The fraction of sp³-hybridized carbons (Fsp3) is 0.174. The lowest BCUT2D eigenvalue weighted by molar-refractivity contribution is 0.102. The van der Waals surface area contributed by atoms with Crippen LogP contribution < -0.4 is 10.1 Å². The van der Waals surface area contributed by atoms with Crippen LogP contribution in [0.2, 0.25) is 0 Å². The van der Waals surface area contributed by atoms with Crippen molar-refractivity contribution < 1.29 is 19.7 Å². The highest BCUT2D eigenvalue weighted by Gasteiger charge is 2.11. The van der Waals surface area contributed by atoms with Crippen molar-refractivity contribution in [2.75, 3.05) is 12.4 Å². The number of amides is 1. The Kier molecular flexibility index (Phi) is 5.84. The van der Waals surface area contributed by atoms with Gasteiger partial charge >= 0.3 is 0 Å². The van der Waals surface area contributed by atoms with Gasteiger partial charge in [0.2, 0.25) is 0 Å². The maximum absolute atomic E-state index is 12.3. The maximum Gasteiger partial charge on any atom is 0.259 e. The number of carbonyl (C=O) groups excluding carboxylic acids is 1. The maximum atomic E-state index is 12.3. The summed E-state index contributed by atoms with van der Waals surface area (Å²) < 4.78 is 5.13. The molecule has 0 aliphatic heterocycles. The van der Waals surface area contributed by atoms with Gasteiger partial charge in [0.05, 0.1) is 12.7 Å². The molecule has 5 heteroatoms. The Labute approximate surface area is 164 Å². The first kappa shape index (κ1) is 19.3. The molecule has 144 valence electrons. The molecule has 0 atom stereocenters. The second-order valence-electron chi connectivity index (χ2n) is 6.68. The van der Waals surface area contributed by atoms with E-state index in [0.717, 1.165) is 29.5 Å². The third-order valence-electron chi connectivity index (χ3n) is 4.56. The second kappa shape index (κ2) is 8.48. The topological polar surface area (TPSA) is 78.8 Å². The molecule has 0 spiro atoms. The van der Waals surface area contributed by atoms with Gasteiger partial charge in [-0.15, -0.1) is 0 Å². The van der Waals surface area contributed by atoms with Crippen LogP contribution in [0.5, 0.6) is 17.2 Å². The van der Waals surface area contributed by atoms with E-state index >= 15 is 0 Å². The molecule has 3 aromatic rings. The number of carbonyl (C=O) groups is 1. The Morgan fingerprint density at radius 2 is 1.57 bits per heavy atom. The van der Waals surface area contributed by atoms with Gasteiger partial charge in [-0.1, -0.05) is 24.3 Å². The predicted octanol–water partition coefficient (Wildman–Crippen LogP) is 4.45. The summed E-state index contributed by atoms with van der Waals surface area (Å²) in [5, 5.41) is 22.4. The smallest absolute Gasteiger partial charge is 0.259 e. The lowest BCUT2D eigenvalue weighted by Gasteiger charge is -2.09. The van der Waals surface area contributed by atoms with Crippen LogP contribution in [0.25, 0.3) is 0 Å². The number of aromatic hydroxyl groups is 2. The zero-order chi connectivity index (χ0) is 20.1. The van der Waals surface area contributed by atoms with Crippen LogP contribution in [0.1, 0.15) is 27.0 Å². The van der Waals surface area contributed by atoms with E-state index in [1.54, 1.807) is 24.3 Å². The Balaban J connectivity index is 1.61. The van der Waals surface area contributed by atoms with Crippen LogP contribution in [-0.4, -0.2) is 23.2 Å². The Morgan fingerprint density at radius 1 is 0.893 bits per heavy atom. The fourth-order valence-corrected chi connectivity index (χ4v) is 2.95. The summed E-state index contributed by atoms with van der Waals surface area (Å²) in [4.78, 5) is 12.3.